The van der Waals surface area contributed by atoms with E-state index >= 15 is 0 Å². The van der Waals surface area contributed by atoms with Gasteiger partial charge in [-0.3, -0.25) is 0 Å². The molecule has 15 heteroatoms. The molecule has 0 unspecified atom stereocenters. The Morgan fingerprint density at radius 1 is 0.500 bits per heavy atom. The molecule has 0 spiro atoms. The summed E-state index contributed by atoms with van der Waals surface area (Å²) in [6.07, 6.45) is -11.7. The Morgan fingerprint density at radius 3 is 1.20 bits per heavy atom. The molecule has 0 heterocycles. The number of rotatable bonds is 1. The monoisotopic (exact) mass is 541 g/mol. The highest BCUT2D eigenvalue weighted by Crippen LogP contribution is 2.45. The van der Waals surface area contributed by atoms with Crippen LogP contribution in [-0.2, 0) is 12.4 Å². The lowest BCUT2D eigenvalue weighted by atomic mass is 9.84. The average molecular weight is 541 g/mol. The van der Waals surface area contributed by atoms with Gasteiger partial charge in [-0.05, 0) is 6.07 Å². The maximum Gasteiger partial charge on any atom is 0.418 e. The summed E-state index contributed by atoms with van der Waals surface area (Å²) in [5.41, 5.74) is -16.1. The van der Waals surface area contributed by atoms with E-state index in [0.717, 1.165) is 12.1 Å². The van der Waals surface area contributed by atoms with Crippen LogP contribution in [0.1, 0.15) is 50.1 Å². The molecule has 0 aliphatic carbocycles. The van der Waals surface area contributed by atoms with Gasteiger partial charge in [-0.2, -0.15) is 73.7 Å². The molecule has 9 nitrogen and oxygen atoms in total. The minimum atomic E-state index is -5.92. The zero-order valence-electron chi connectivity index (χ0n) is 18.9. The third-order valence-corrected chi connectivity index (χ3v) is 5.18. The van der Waals surface area contributed by atoms with Crippen LogP contribution < -0.4 is 10.4 Å². The number of nitriles is 9. The standard InChI is InChI=1S/C25HF6N9/c26-24(27,28)22-11(2-32)1-13(19(10-40)23(22)25(29,30)31)14(5-35)21-17(8-38)15(6-36)20(12(3-33)4-34)16(7-37)18(21)9-39/h1H. The first-order valence-corrected chi connectivity index (χ1v) is 9.72. The molecular formula is C25HF6N9. The lowest BCUT2D eigenvalue weighted by Gasteiger charge is -2.20. The van der Waals surface area contributed by atoms with E-state index < -0.39 is 84.0 Å². The molecule has 2 aromatic rings. The van der Waals surface area contributed by atoms with Gasteiger partial charge in [-0.15, -0.1) is 0 Å². The fraction of sp³-hybridized carbons (Fsp3) is 0.0800. The van der Waals surface area contributed by atoms with Crippen LogP contribution in [0.15, 0.2) is 6.07 Å². The SMILES string of the molecule is N#CC(C#N)=c1c(C#N)c(C#N)c(=C(C#N)c2cc(C#N)c(C(F)(F)F)c(C(F)(F)F)c2C#N)c(C#N)c1C#N. The van der Waals surface area contributed by atoms with Gasteiger partial charge in [0.05, 0.1) is 56.1 Å². The van der Waals surface area contributed by atoms with E-state index in [4.69, 9.17) is 0 Å². The van der Waals surface area contributed by atoms with Crippen molar-refractivity contribution in [1.29, 1.82) is 47.4 Å². The van der Waals surface area contributed by atoms with E-state index in [9.17, 15) is 73.7 Å². The van der Waals surface area contributed by atoms with E-state index in [-0.39, 0.29) is 6.07 Å². The summed E-state index contributed by atoms with van der Waals surface area (Å²) in [6, 6.07) is 11.5. The molecule has 188 valence electrons. The predicted octanol–water partition coefficient (Wildman–Crippen LogP) is 2.87. The fourth-order valence-corrected chi connectivity index (χ4v) is 3.75. The number of hydrogen-bond acceptors (Lipinski definition) is 9. The maximum atomic E-state index is 13.9. The Kier molecular flexibility index (Phi) is 7.83. The average Bonchev–Trinajstić information content (AvgIpc) is 2.91. The van der Waals surface area contributed by atoms with Crippen molar-refractivity contribution in [3.05, 3.63) is 66.6 Å². The molecule has 0 radical (unpaired) electrons. The van der Waals surface area contributed by atoms with Gasteiger partial charge in [0.1, 0.15) is 54.1 Å². The molecule has 0 saturated carbocycles. The lowest BCUT2D eigenvalue weighted by Crippen LogP contribution is -2.30. The molecule has 0 aliphatic heterocycles. The third kappa shape index (κ3) is 4.53. The summed E-state index contributed by atoms with van der Waals surface area (Å²) in [5, 5.41) is 84.2. The predicted molar refractivity (Wildman–Crippen MR) is 113 cm³/mol. The van der Waals surface area contributed by atoms with Gasteiger partial charge in [0.2, 0.25) is 0 Å². The molecule has 40 heavy (non-hydrogen) atoms. The summed E-state index contributed by atoms with van der Waals surface area (Å²) in [5.74, 6) is 0. The van der Waals surface area contributed by atoms with Crippen molar-refractivity contribution >= 4 is 11.1 Å². The zero-order valence-corrected chi connectivity index (χ0v) is 18.9. The Bertz CT molecular complexity index is 1950. The fourth-order valence-electron chi connectivity index (χ4n) is 3.75. The zero-order chi connectivity index (χ0) is 30.6. The second-order valence-corrected chi connectivity index (χ2v) is 7.10. The van der Waals surface area contributed by atoms with Gasteiger partial charge in [0.15, 0.2) is 0 Å². The number of hydrogen-bond donors (Lipinski definition) is 0. The molecule has 0 bridgehead atoms. The van der Waals surface area contributed by atoms with E-state index in [1.54, 1.807) is 0 Å². The van der Waals surface area contributed by atoms with Crippen LogP contribution >= 0.6 is 0 Å². The molecule has 0 fully saturated rings. The second-order valence-electron chi connectivity index (χ2n) is 7.10. The summed E-state index contributed by atoms with van der Waals surface area (Å²) >= 11 is 0. The van der Waals surface area contributed by atoms with Crippen molar-refractivity contribution in [2.24, 2.45) is 0 Å². The van der Waals surface area contributed by atoms with Gasteiger partial charge in [0, 0.05) is 16.0 Å². The van der Waals surface area contributed by atoms with Gasteiger partial charge in [-0.1, -0.05) is 0 Å². The number of nitrogens with zero attached hydrogens (tertiary/aromatic N) is 9. The van der Waals surface area contributed by atoms with Gasteiger partial charge < -0.3 is 0 Å². The van der Waals surface area contributed by atoms with E-state index in [1.807, 2.05) is 0 Å². The second kappa shape index (κ2) is 10.7. The summed E-state index contributed by atoms with van der Waals surface area (Å²) < 4.78 is 82.8. The van der Waals surface area contributed by atoms with E-state index in [0.29, 0.717) is 0 Å². The van der Waals surface area contributed by atoms with Gasteiger partial charge in [0.25, 0.3) is 0 Å². The molecule has 0 N–H and O–H groups in total. The first-order valence-electron chi connectivity index (χ1n) is 9.72. The minimum Gasteiger partial charge on any atom is -0.192 e. The highest BCUT2D eigenvalue weighted by atomic mass is 19.4. The maximum absolute atomic E-state index is 13.9. The van der Waals surface area contributed by atoms with Crippen LogP contribution in [0.2, 0.25) is 0 Å². The first kappa shape index (κ1) is 29.4. The highest BCUT2D eigenvalue weighted by molar-refractivity contribution is 5.86. The van der Waals surface area contributed by atoms with Gasteiger partial charge in [-0.25, -0.2) is 0 Å². The number of halogens is 6. The topological polar surface area (TPSA) is 214 Å². The van der Waals surface area contributed by atoms with E-state index in [1.165, 1.54) is 42.5 Å². The van der Waals surface area contributed by atoms with Crippen LogP contribution in [0.4, 0.5) is 26.3 Å². The van der Waals surface area contributed by atoms with Crippen LogP contribution in [-0.4, -0.2) is 0 Å². The molecule has 2 rings (SSSR count). The summed E-state index contributed by atoms with van der Waals surface area (Å²) in [4.78, 5) is 0. The Hall–Kier alpha value is -6.83. The summed E-state index contributed by atoms with van der Waals surface area (Å²) in [6.45, 7) is 0. The normalized spacial score (nSPS) is 10.0. The Balaban J connectivity index is 3.70. The van der Waals surface area contributed by atoms with Crippen molar-refractivity contribution in [1.82, 2.24) is 0 Å². The number of benzene rings is 2. The molecule has 0 atom stereocenters. The lowest BCUT2D eigenvalue weighted by molar-refractivity contribution is -0.162. The van der Waals surface area contributed by atoms with Crippen molar-refractivity contribution in [2.45, 2.75) is 12.4 Å². The molecule has 0 saturated heterocycles. The van der Waals surface area contributed by atoms with Crippen molar-refractivity contribution in [2.75, 3.05) is 0 Å². The molecular weight excluding hydrogens is 540 g/mol. The van der Waals surface area contributed by atoms with Crippen LogP contribution in [0.25, 0.3) is 11.1 Å². The van der Waals surface area contributed by atoms with Crippen LogP contribution in [0.5, 0.6) is 0 Å². The number of alkyl halides is 6. The quantitative estimate of drug-likeness (QED) is 0.484. The molecule has 0 aromatic heterocycles. The Labute approximate surface area is 218 Å². The molecule has 0 aliphatic rings. The largest absolute Gasteiger partial charge is 0.418 e. The van der Waals surface area contributed by atoms with Crippen molar-refractivity contribution < 1.29 is 26.3 Å². The molecule has 0 amide bonds. The summed E-state index contributed by atoms with van der Waals surface area (Å²) in [7, 11) is 0. The first-order chi connectivity index (χ1) is 18.8. The third-order valence-electron chi connectivity index (χ3n) is 5.18. The highest BCUT2D eigenvalue weighted by Gasteiger charge is 2.48. The molecule has 2 aromatic carbocycles. The van der Waals surface area contributed by atoms with Gasteiger partial charge >= 0.3 is 12.4 Å². The van der Waals surface area contributed by atoms with Crippen molar-refractivity contribution in [3.8, 4) is 54.6 Å². The smallest absolute Gasteiger partial charge is 0.192 e. The minimum absolute atomic E-state index is 0.117. The van der Waals surface area contributed by atoms with E-state index in [2.05, 4.69) is 0 Å². The van der Waals surface area contributed by atoms with Crippen LogP contribution in [0, 0.1) is 102 Å². The van der Waals surface area contributed by atoms with Crippen molar-refractivity contribution in [3.63, 3.8) is 0 Å². The van der Waals surface area contributed by atoms with Crippen LogP contribution in [0.3, 0.4) is 0 Å². The Morgan fingerprint density at radius 2 is 0.900 bits per heavy atom.